The van der Waals surface area contributed by atoms with E-state index < -0.39 is 0 Å². The molecule has 3 nitrogen and oxygen atoms in total. The maximum atomic E-state index is 6.12. The fourth-order valence-corrected chi connectivity index (χ4v) is 2.48. The Morgan fingerprint density at radius 3 is 2.72 bits per heavy atom. The molecule has 2 rings (SSSR count). The molecule has 0 aliphatic heterocycles. The highest BCUT2D eigenvalue weighted by Gasteiger charge is 2.19. The van der Waals surface area contributed by atoms with Crippen LogP contribution in [0, 0.1) is 5.92 Å². The van der Waals surface area contributed by atoms with Crippen molar-refractivity contribution in [1.82, 2.24) is 4.98 Å². The predicted molar refractivity (Wildman–Crippen MR) is 75.0 cm³/mol. The highest BCUT2D eigenvalue weighted by atomic mass is 35.5. The van der Waals surface area contributed by atoms with Crippen LogP contribution in [0.1, 0.15) is 38.3 Å². The smallest absolute Gasteiger partial charge is 0.126 e. The lowest BCUT2D eigenvalue weighted by atomic mass is 9.89. The van der Waals surface area contributed by atoms with Gasteiger partial charge in [-0.15, -0.1) is 0 Å². The van der Waals surface area contributed by atoms with Crippen LogP contribution in [0.3, 0.4) is 0 Å². The molecule has 1 aromatic heterocycles. The number of halogens is 1. The van der Waals surface area contributed by atoms with Crippen molar-refractivity contribution in [2.45, 2.75) is 45.3 Å². The van der Waals surface area contributed by atoms with Gasteiger partial charge in [-0.2, -0.15) is 0 Å². The van der Waals surface area contributed by atoms with Crippen LogP contribution in [0.5, 0.6) is 0 Å². The van der Waals surface area contributed by atoms with Crippen LogP contribution < -0.4 is 5.32 Å². The topological polar surface area (TPSA) is 34.1 Å². The molecule has 1 aliphatic rings. The van der Waals surface area contributed by atoms with Crippen LogP contribution in [-0.2, 0) is 11.3 Å². The Bertz CT molecular complexity index is 389. The number of rotatable bonds is 4. The zero-order valence-corrected chi connectivity index (χ0v) is 11.8. The third kappa shape index (κ3) is 3.59. The maximum absolute atomic E-state index is 6.12. The third-order valence-corrected chi connectivity index (χ3v) is 3.94. The SMILES string of the molecule is CNc1ccc(Cl)c(COC2CCC(C)CC2)n1. The molecular formula is C14H21ClN2O. The minimum atomic E-state index is 0.373. The summed E-state index contributed by atoms with van der Waals surface area (Å²) in [7, 11) is 1.85. The molecule has 0 unspecified atom stereocenters. The second-order valence-corrected chi connectivity index (χ2v) is 5.48. The van der Waals surface area contributed by atoms with Gasteiger partial charge in [-0.05, 0) is 43.7 Å². The fourth-order valence-electron chi connectivity index (χ4n) is 2.32. The van der Waals surface area contributed by atoms with Crippen molar-refractivity contribution in [3.8, 4) is 0 Å². The summed E-state index contributed by atoms with van der Waals surface area (Å²) < 4.78 is 5.92. The Hall–Kier alpha value is -0.800. The predicted octanol–water partition coefficient (Wildman–Crippen LogP) is 3.87. The summed E-state index contributed by atoms with van der Waals surface area (Å²) in [4.78, 5) is 4.42. The summed E-state index contributed by atoms with van der Waals surface area (Å²) in [5.74, 6) is 1.68. The minimum Gasteiger partial charge on any atom is -0.373 e. The molecule has 0 saturated heterocycles. The molecule has 100 valence electrons. The molecule has 0 bridgehead atoms. The summed E-state index contributed by atoms with van der Waals surface area (Å²) in [5, 5.41) is 3.69. The first kappa shape index (κ1) is 13.6. The minimum absolute atomic E-state index is 0.373. The number of hydrogen-bond acceptors (Lipinski definition) is 3. The zero-order chi connectivity index (χ0) is 13.0. The summed E-state index contributed by atoms with van der Waals surface area (Å²) in [6.45, 7) is 2.82. The van der Waals surface area contributed by atoms with E-state index in [4.69, 9.17) is 16.3 Å². The van der Waals surface area contributed by atoms with Gasteiger partial charge in [0.2, 0.25) is 0 Å². The van der Waals surface area contributed by atoms with E-state index in [0.29, 0.717) is 17.7 Å². The van der Waals surface area contributed by atoms with Crippen molar-refractivity contribution in [3.63, 3.8) is 0 Å². The highest BCUT2D eigenvalue weighted by Crippen LogP contribution is 2.27. The van der Waals surface area contributed by atoms with E-state index in [-0.39, 0.29) is 0 Å². The van der Waals surface area contributed by atoms with Crippen LogP contribution >= 0.6 is 11.6 Å². The Morgan fingerprint density at radius 1 is 1.33 bits per heavy atom. The number of pyridine rings is 1. The maximum Gasteiger partial charge on any atom is 0.126 e. The summed E-state index contributed by atoms with van der Waals surface area (Å²) >= 11 is 6.12. The van der Waals surface area contributed by atoms with Crippen LogP contribution in [0.2, 0.25) is 5.02 Å². The number of hydrogen-bond donors (Lipinski definition) is 1. The van der Waals surface area contributed by atoms with Crippen LogP contribution in [0.15, 0.2) is 12.1 Å². The zero-order valence-electron chi connectivity index (χ0n) is 11.1. The Labute approximate surface area is 114 Å². The van der Waals surface area contributed by atoms with E-state index in [1.54, 1.807) is 0 Å². The second-order valence-electron chi connectivity index (χ2n) is 5.07. The third-order valence-electron chi connectivity index (χ3n) is 3.59. The van der Waals surface area contributed by atoms with Crippen molar-refractivity contribution in [1.29, 1.82) is 0 Å². The van der Waals surface area contributed by atoms with Crippen LogP contribution in [0.4, 0.5) is 5.82 Å². The van der Waals surface area contributed by atoms with Crippen molar-refractivity contribution >= 4 is 17.4 Å². The van der Waals surface area contributed by atoms with Gasteiger partial charge in [-0.25, -0.2) is 4.98 Å². The molecule has 1 heterocycles. The highest BCUT2D eigenvalue weighted by molar-refractivity contribution is 6.31. The van der Waals surface area contributed by atoms with E-state index in [0.717, 1.165) is 30.3 Å². The van der Waals surface area contributed by atoms with Crippen molar-refractivity contribution in [2.75, 3.05) is 12.4 Å². The summed E-state index contributed by atoms with van der Waals surface area (Å²) in [6.07, 6.45) is 5.22. The standard InChI is InChI=1S/C14H21ClN2O/c1-10-3-5-11(6-4-10)18-9-13-12(15)7-8-14(16-2)17-13/h7-8,10-11H,3-6,9H2,1-2H3,(H,16,17). The molecule has 4 heteroatoms. The first-order chi connectivity index (χ1) is 8.69. The second kappa shape index (κ2) is 6.39. The molecule has 1 fully saturated rings. The average molecular weight is 269 g/mol. The molecule has 18 heavy (non-hydrogen) atoms. The van der Waals surface area contributed by atoms with Crippen LogP contribution in [0.25, 0.3) is 0 Å². The van der Waals surface area contributed by atoms with E-state index in [1.165, 1.54) is 12.8 Å². The van der Waals surface area contributed by atoms with E-state index in [1.807, 2.05) is 19.2 Å². The van der Waals surface area contributed by atoms with Gasteiger partial charge in [-0.1, -0.05) is 18.5 Å². The van der Waals surface area contributed by atoms with Gasteiger partial charge in [0.1, 0.15) is 5.82 Å². The Morgan fingerprint density at radius 2 is 2.06 bits per heavy atom. The van der Waals surface area contributed by atoms with Gasteiger partial charge in [0.15, 0.2) is 0 Å². The number of aromatic nitrogens is 1. The lowest BCUT2D eigenvalue weighted by molar-refractivity contribution is 0.00737. The molecule has 1 N–H and O–H groups in total. The fraction of sp³-hybridized carbons (Fsp3) is 0.643. The quantitative estimate of drug-likeness (QED) is 0.900. The summed E-state index contributed by atoms with van der Waals surface area (Å²) in [6, 6.07) is 3.73. The van der Waals surface area contributed by atoms with E-state index >= 15 is 0 Å². The van der Waals surface area contributed by atoms with Gasteiger partial charge in [0.25, 0.3) is 0 Å². The molecule has 1 saturated carbocycles. The normalized spacial score (nSPS) is 23.9. The number of ether oxygens (including phenoxy) is 1. The van der Waals surface area contributed by atoms with Crippen LogP contribution in [-0.4, -0.2) is 18.1 Å². The first-order valence-electron chi connectivity index (χ1n) is 6.64. The molecule has 0 radical (unpaired) electrons. The Balaban J connectivity index is 1.89. The van der Waals surface area contributed by atoms with Gasteiger partial charge >= 0.3 is 0 Å². The molecule has 1 aliphatic carbocycles. The monoisotopic (exact) mass is 268 g/mol. The molecule has 0 amide bonds. The van der Waals surface area contributed by atoms with Crippen molar-refractivity contribution in [2.24, 2.45) is 5.92 Å². The van der Waals surface area contributed by atoms with E-state index in [9.17, 15) is 0 Å². The number of anilines is 1. The van der Waals surface area contributed by atoms with Gasteiger partial charge in [0, 0.05) is 7.05 Å². The van der Waals surface area contributed by atoms with Crippen molar-refractivity contribution in [3.05, 3.63) is 22.8 Å². The number of nitrogens with one attached hydrogen (secondary N) is 1. The lowest BCUT2D eigenvalue weighted by Crippen LogP contribution is -2.20. The molecule has 1 aromatic rings. The number of nitrogens with zero attached hydrogens (tertiary/aromatic N) is 1. The molecule has 0 spiro atoms. The molecule has 0 aromatic carbocycles. The largest absolute Gasteiger partial charge is 0.373 e. The van der Waals surface area contributed by atoms with Gasteiger partial charge in [0.05, 0.1) is 23.4 Å². The molecular weight excluding hydrogens is 248 g/mol. The van der Waals surface area contributed by atoms with Gasteiger partial charge in [-0.3, -0.25) is 0 Å². The lowest BCUT2D eigenvalue weighted by Gasteiger charge is -2.26. The van der Waals surface area contributed by atoms with Gasteiger partial charge < -0.3 is 10.1 Å². The Kier molecular flexibility index (Phi) is 4.84. The first-order valence-corrected chi connectivity index (χ1v) is 7.01. The summed E-state index contributed by atoms with van der Waals surface area (Å²) in [5.41, 5.74) is 0.821. The van der Waals surface area contributed by atoms with Crippen molar-refractivity contribution < 1.29 is 4.74 Å². The average Bonchev–Trinajstić information content (AvgIpc) is 2.40. The van der Waals surface area contributed by atoms with E-state index in [2.05, 4.69) is 17.2 Å². The molecule has 0 atom stereocenters.